The number of fused-ring (bicyclic) bond motifs is 1. The molecule has 0 saturated carbocycles. The third-order valence-electron chi connectivity index (χ3n) is 2.21. The fourth-order valence-corrected chi connectivity index (χ4v) is 1.79. The maximum absolute atomic E-state index is 11.4. The van der Waals surface area contributed by atoms with E-state index < -0.39 is 0 Å². The minimum Gasteiger partial charge on any atom is -0.294 e. The first kappa shape index (κ1) is 9.22. The van der Waals surface area contributed by atoms with Gasteiger partial charge in [-0.15, -0.1) is 0 Å². The van der Waals surface area contributed by atoms with Crippen LogP contribution in [0.4, 0.5) is 0 Å². The van der Waals surface area contributed by atoms with Crippen molar-refractivity contribution in [2.24, 2.45) is 0 Å². The average Bonchev–Trinajstić information content (AvgIpc) is 2.16. The summed E-state index contributed by atoms with van der Waals surface area (Å²) in [5.41, 5.74) is 0.688. The van der Waals surface area contributed by atoms with Gasteiger partial charge >= 0.3 is 0 Å². The molecule has 0 aliphatic carbocycles. The molecule has 0 spiro atoms. The van der Waals surface area contributed by atoms with Crippen LogP contribution >= 0.6 is 11.6 Å². The molecule has 0 aliphatic rings. The van der Waals surface area contributed by atoms with Gasteiger partial charge in [0.2, 0.25) is 0 Å². The number of halogens is 1. The van der Waals surface area contributed by atoms with E-state index in [2.05, 4.69) is 0 Å². The van der Waals surface area contributed by atoms with E-state index in [9.17, 15) is 4.79 Å². The summed E-state index contributed by atoms with van der Waals surface area (Å²) in [4.78, 5) is 11.4. The third-order valence-corrected chi connectivity index (χ3v) is 2.42. The van der Waals surface area contributed by atoms with Gasteiger partial charge in [0.05, 0.1) is 0 Å². The normalized spacial score (nSPS) is 10.4. The van der Waals surface area contributed by atoms with Gasteiger partial charge in [-0.25, -0.2) is 0 Å². The summed E-state index contributed by atoms with van der Waals surface area (Å²) in [6, 6.07) is 11.3. The van der Waals surface area contributed by atoms with Gasteiger partial charge in [0.15, 0.2) is 5.78 Å². The van der Waals surface area contributed by atoms with E-state index in [0.29, 0.717) is 10.6 Å². The fraction of sp³-hybridized carbons (Fsp3) is 0.0833. The molecular formula is C12H9ClO. The zero-order valence-corrected chi connectivity index (χ0v) is 8.51. The van der Waals surface area contributed by atoms with Crippen LogP contribution in [0.25, 0.3) is 10.8 Å². The van der Waals surface area contributed by atoms with E-state index >= 15 is 0 Å². The third kappa shape index (κ3) is 1.51. The van der Waals surface area contributed by atoms with Gasteiger partial charge in [0.1, 0.15) is 0 Å². The molecule has 0 radical (unpaired) electrons. The number of carbonyl (C=O) groups excluding carboxylic acids is 1. The highest BCUT2D eigenvalue weighted by molar-refractivity contribution is 6.32. The molecule has 0 aromatic heterocycles. The van der Waals surface area contributed by atoms with Crippen molar-refractivity contribution in [1.82, 2.24) is 0 Å². The lowest BCUT2D eigenvalue weighted by atomic mass is 10.0. The Morgan fingerprint density at radius 1 is 1.21 bits per heavy atom. The smallest absolute Gasteiger partial charge is 0.160 e. The standard InChI is InChI=1S/C12H9ClO/c1-8(14)12-7-10(13)6-9-4-2-3-5-11(9)12/h2-7H,1H3. The van der Waals surface area contributed by atoms with Crippen LogP contribution in [0.5, 0.6) is 0 Å². The van der Waals surface area contributed by atoms with Crippen molar-refractivity contribution in [1.29, 1.82) is 0 Å². The number of carbonyl (C=O) groups is 1. The molecule has 70 valence electrons. The van der Waals surface area contributed by atoms with Crippen LogP contribution < -0.4 is 0 Å². The Labute approximate surface area is 87.3 Å². The molecule has 0 heterocycles. The molecule has 0 unspecified atom stereocenters. The lowest BCUT2D eigenvalue weighted by Crippen LogP contribution is -1.93. The van der Waals surface area contributed by atoms with Crippen LogP contribution in [0.3, 0.4) is 0 Å². The largest absolute Gasteiger partial charge is 0.294 e. The Morgan fingerprint density at radius 3 is 2.64 bits per heavy atom. The lowest BCUT2D eigenvalue weighted by Gasteiger charge is -2.03. The monoisotopic (exact) mass is 204 g/mol. The minimum atomic E-state index is 0.0451. The number of rotatable bonds is 1. The zero-order valence-electron chi connectivity index (χ0n) is 7.75. The molecule has 2 heteroatoms. The van der Waals surface area contributed by atoms with Crippen LogP contribution in [0.1, 0.15) is 17.3 Å². The highest BCUT2D eigenvalue weighted by Gasteiger charge is 2.06. The van der Waals surface area contributed by atoms with Crippen molar-refractivity contribution >= 4 is 28.2 Å². The molecule has 0 N–H and O–H groups in total. The molecular weight excluding hydrogens is 196 g/mol. The van der Waals surface area contributed by atoms with E-state index in [-0.39, 0.29) is 5.78 Å². The summed E-state index contributed by atoms with van der Waals surface area (Å²) >= 11 is 5.92. The van der Waals surface area contributed by atoms with Crippen LogP contribution in [-0.4, -0.2) is 5.78 Å². The quantitative estimate of drug-likeness (QED) is 0.648. The topological polar surface area (TPSA) is 17.1 Å². The summed E-state index contributed by atoms with van der Waals surface area (Å²) in [5, 5.41) is 2.57. The number of ketones is 1. The molecule has 1 nitrogen and oxygen atoms in total. The second kappa shape index (κ2) is 3.43. The Morgan fingerprint density at radius 2 is 1.93 bits per heavy atom. The van der Waals surface area contributed by atoms with Crippen LogP contribution in [0.2, 0.25) is 5.02 Å². The fourth-order valence-electron chi connectivity index (χ4n) is 1.57. The first-order valence-corrected chi connectivity index (χ1v) is 4.75. The average molecular weight is 205 g/mol. The van der Waals surface area contributed by atoms with Gasteiger partial charge in [-0.1, -0.05) is 35.9 Å². The summed E-state index contributed by atoms with van der Waals surface area (Å²) < 4.78 is 0. The second-order valence-electron chi connectivity index (χ2n) is 3.23. The Kier molecular flexibility index (Phi) is 2.26. The van der Waals surface area contributed by atoms with Crippen LogP contribution in [0.15, 0.2) is 36.4 Å². The van der Waals surface area contributed by atoms with E-state index in [1.165, 1.54) is 0 Å². The lowest BCUT2D eigenvalue weighted by molar-refractivity contribution is 0.101. The first-order chi connectivity index (χ1) is 6.68. The van der Waals surface area contributed by atoms with Gasteiger partial charge in [0.25, 0.3) is 0 Å². The number of hydrogen-bond acceptors (Lipinski definition) is 1. The SMILES string of the molecule is CC(=O)c1cc(Cl)cc2ccccc12. The molecule has 2 aromatic carbocycles. The highest BCUT2D eigenvalue weighted by atomic mass is 35.5. The Bertz CT molecular complexity index is 503. The summed E-state index contributed by atoms with van der Waals surface area (Å²) in [5.74, 6) is 0.0451. The molecule has 0 bridgehead atoms. The first-order valence-electron chi connectivity index (χ1n) is 4.38. The van der Waals surface area contributed by atoms with Gasteiger partial charge in [-0.2, -0.15) is 0 Å². The molecule has 14 heavy (non-hydrogen) atoms. The highest BCUT2D eigenvalue weighted by Crippen LogP contribution is 2.24. The molecule has 2 rings (SSSR count). The molecule has 0 aliphatic heterocycles. The van der Waals surface area contributed by atoms with E-state index in [1.54, 1.807) is 13.0 Å². The summed E-state index contributed by atoms with van der Waals surface area (Å²) in [6.45, 7) is 1.55. The van der Waals surface area contributed by atoms with Crippen molar-refractivity contribution in [3.63, 3.8) is 0 Å². The predicted molar refractivity (Wildman–Crippen MR) is 59.0 cm³/mol. The van der Waals surface area contributed by atoms with Crippen molar-refractivity contribution in [2.75, 3.05) is 0 Å². The zero-order chi connectivity index (χ0) is 10.1. The number of benzene rings is 2. The summed E-state index contributed by atoms with van der Waals surface area (Å²) in [7, 11) is 0. The van der Waals surface area contributed by atoms with Crippen molar-refractivity contribution in [2.45, 2.75) is 6.92 Å². The Balaban J connectivity index is 2.87. The predicted octanol–water partition coefficient (Wildman–Crippen LogP) is 3.70. The van der Waals surface area contributed by atoms with E-state index in [4.69, 9.17) is 11.6 Å². The van der Waals surface area contributed by atoms with Crippen molar-refractivity contribution in [3.05, 3.63) is 47.0 Å². The van der Waals surface area contributed by atoms with Crippen molar-refractivity contribution < 1.29 is 4.79 Å². The van der Waals surface area contributed by atoms with E-state index in [1.807, 2.05) is 30.3 Å². The maximum atomic E-state index is 11.4. The van der Waals surface area contributed by atoms with Crippen LogP contribution in [0, 0.1) is 0 Å². The van der Waals surface area contributed by atoms with Crippen molar-refractivity contribution in [3.8, 4) is 0 Å². The number of Topliss-reactive ketones (excluding diaryl/α,β-unsaturated/α-hetero) is 1. The van der Waals surface area contributed by atoms with Gasteiger partial charge in [-0.3, -0.25) is 4.79 Å². The van der Waals surface area contributed by atoms with Gasteiger partial charge in [0, 0.05) is 10.6 Å². The van der Waals surface area contributed by atoms with E-state index in [0.717, 1.165) is 10.8 Å². The minimum absolute atomic E-state index is 0.0451. The number of hydrogen-bond donors (Lipinski definition) is 0. The van der Waals surface area contributed by atoms with Gasteiger partial charge < -0.3 is 0 Å². The molecule has 0 fully saturated rings. The molecule has 0 amide bonds. The molecule has 0 saturated heterocycles. The second-order valence-corrected chi connectivity index (χ2v) is 3.67. The summed E-state index contributed by atoms with van der Waals surface area (Å²) in [6.07, 6.45) is 0. The maximum Gasteiger partial charge on any atom is 0.160 e. The van der Waals surface area contributed by atoms with Crippen LogP contribution in [-0.2, 0) is 0 Å². The molecule has 2 aromatic rings. The Hall–Kier alpha value is -1.34. The molecule has 0 atom stereocenters. The van der Waals surface area contributed by atoms with Gasteiger partial charge in [-0.05, 0) is 29.8 Å².